The molecule has 182 valence electrons. The molecule has 5 rings (SSSR count). The zero-order valence-electron chi connectivity index (χ0n) is 19.9. The fourth-order valence-electron chi connectivity index (χ4n) is 4.25. The quantitative estimate of drug-likeness (QED) is 0.343. The molecule has 0 spiro atoms. The number of carbonyl (C=O) groups is 1. The Hall–Kier alpha value is -4.30. The van der Waals surface area contributed by atoms with Gasteiger partial charge in [0.05, 0.1) is 30.1 Å². The maximum atomic E-state index is 13.1. The molecule has 1 amide bonds. The van der Waals surface area contributed by atoms with Gasteiger partial charge in [0.1, 0.15) is 5.83 Å². The summed E-state index contributed by atoms with van der Waals surface area (Å²) in [6, 6.07) is 21.4. The van der Waals surface area contributed by atoms with Gasteiger partial charge in [-0.2, -0.15) is 0 Å². The molecule has 4 aromatic rings. The molecule has 0 aliphatic carbocycles. The van der Waals surface area contributed by atoms with Gasteiger partial charge in [0.2, 0.25) is 5.95 Å². The van der Waals surface area contributed by atoms with Gasteiger partial charge in [0.25, 0.3) is 5.91 Å². The summed E-state index contributed by atoms with van der Waals surface area (Å²) in [6.07, 6.45) is 2.72. The van der Waals surface area contributed by atoms with Crippen molar-refractivity contribution in [1.29, 1.82) is 0 Å². The summed E-state index contributed by atoms with van der Waals surface area (Å²) in [7, 11) is 0. The van der Waals surface area contributed by atoms with Crippen molar-refractivity contribution in [3.05, 3.63) is 84.8 Å². The number of nitrogens with one attached hydrogen (secondary N) is 2. The Bertz CT molecular complexity index is 1430. The van der Waals surface area contributed by atoms with E-state index in [2.05, 4.69) is 26.6 Å². The number of carbonyl (C=O) groups excluding carboxylic acids is 1. The fraction of sp³-hybridized carbons (Fsp3) is 0.179. The molecule has 0 unspecified atom stereocenters. The molecule has 36 heavy (non-hydrogen) atoms. The highest BCUT2D eigenvalue weighted by Gasteiger charge is 2.16. The highest BCUT2D eigenvalue weighted by Crippen LogP contribution is 2.32. The highest BCUT2D eigenvalue weighted by atomic mass is 19.1. The summed E-state index contributed by atoms with van der Waals surface area (Å²) in [5.74, 6) is -0.578. The number of halogens is 1. The van der Waals surface area contributed by atoms with Crippen LogP contribution >= 0.6 is 0 Å². The van der Waals surface area contributed by atoms with E-state index in [0.29, 0.717) is 24.8 Å². The Kier molecular flexibility index (Phi) is 6.86. The summed E-state index contributed by atoms with van der Waals surface area (Å²) in [4.78, 5) is 23.7. The summed E-state index contributed by atoms with van der Waals surface area (Å²) < 4.78 is 18.6. The van der Waals surface area contributed by atoms with Gasteiger partial charge < -0.3 is 20.3 Å². The Morgan fingerprint density at radius 2 is 1.86 bits per heavy atom. The molecular weight excluding hydrogens is 457 g/mol. The van der Waals surface area contributed by atoms with Crippen molar-refractivity contribution in [2.24, 2.45) is 0 Å². The van der Waals surface area contributed by atoms with Crippen molar-refractivity contribution in [2.75, 3.05) is 41.8 Å². The first-order chi connectivity index (χ1) is 17.6. The number of aromatic nitrogens is 2. The normalized spacial score (nSPS) is 14.1. The zero-order valence-corrected chi connectivity index (χ0v) is 19.9. The second-order valence-corrected chi connectivity index (χ2v) is 8.48. The van der Waals surface area contributed by atoms with E-state index < -0.39 is 11.7 Å². The van der Waals surface area contributed by atoms with Crippen LogP contribution in [0.4, 0.5) is 27.4 Å². The van der Waals surface area contributed by atoms with Crippen LogP contribution in [-0.2, 0) is 9.53 Å². The van der Waals surface area contributed by atoms with E-state index in [9.17, 15) is 9.18 Å². The average molecular weight is 484 g/mol. The third kappa shape index (κ3) is 5.34. The van der Waals surface area contributed by atoms with E-state index in [-0.39, 0.29) is 0 Å². The van der Waals surface area contributed by atoms with Crippen LogP contribution in [0.5, 0.6) is 0 Å². The summed E-state index contributed by atoms with van der Waals surface area (Å²) in [6.45, 7) is 4.29. The molecule has 1 aliphatic rings. The molecule has 1 aromatic heterocycles. The number of rotatable bonds is 6. The number of ether oxygens (including phenoxy) is 1. The first-order valence-electron chi connectivity index (χ1n) is 11.8. The van der Waals surface area contributed by atoms with E-state index in [0.717, 1.165) is 52.6 Å². The van der Waals surface area contributed by atoms with Gasteiger partial charge in [-0.15, -0.1) is 0 Å². The topological polar surface area (TPSA) is 79.4 Å². The van der Waals surface area contributed by atoms with Crippen LogP contribution < -0.4 is 15.5 Å². The van der Waals surface area contributed by atoms with Crippen molar-refractivity contribution in [3.63, 3.8) is 0 Å². The number of anilines is 4. The van der Waals surface area contributed by atoms with E-state index >= 15 is 0 Å². The molecule has 0 bridgehead atoms. The number of morpholine rings is 1. The molecule has 0 saturated carbocycles. The van der Waals surface area contributed by atoms with Crippen molar-refractivity contribution < 1.29 is 13.9 Å². The van der Waals surface area contributed by atoms with Crippen LogP contribution in [0.3, 0.4) is 0 Å². The van der Waals surface area contributed by atoms with Crippen molar-refractivity contribution in [3.8, 4) is 11.1 Å². The van der Waals surface area contributed by atoms with Gasteiger partial charge in [0, 0.05) is 42.0 Å². The van der Waals surface area contributed by atoms with Crippen molar-refractivity contribution >= 4 is 39.8 Å². The zero-order chi connectivity index (χ0) is 24.9. The first-order valence-corrected chi connectivity index (χ1v) is 11.8. The monoisotopic (exact) mass is 483 g/mol. The molecule has 1 fully saturated rings. The number of amides is 1. The predicted molar refractivity (Wildman–Crippen MR) is 141 cm³/mol. The Morgan fingerprint density at radius 3 is 2.69 bits per heavy atom. The summed E-state index contributed by atoms with van der Waals surface area (Å²) in [5, 5.41) is 6.99. The summed E-state index contributed by atoms with van der Waals surface area (Å²) >= 11 is 0. The number of fused-ring (bicyclic) bond motifs is 1. The Labute approximate surface area is 208 Å². The lowest BCUT2D eigenvalue weighted by Gasteiger charge is -2.30. The number of nitrogens with zero attached hydrogens (tertiary/aromatic N) is 3. The average Bonchev–Trinajstić information content (AvgIpc) is 2.89. The van der Waals surface area contributed by atoms with Gasteiger partial charge in [-0.3, -0.25) is 4.79 Å². The van der Waals surface area contributed by atoms with Crippen molar-refractivity contribution in [1.82, 2.24) is 9.97 Å². The molecule has 8 heteroatoms. The van der Waals surface area contributed by atoms with Gasteiger partial charge in [-0.25, -0.2) is 14.4 Å². The summed E-state index contributed by atoms with van der Waals surface area (Å²) in [5.41, 5.74) is 5.13. The number of hydrogen-bond donors (Lipinski definition) is 2. The molecule has 2 N–H and O–H groups in total. The molecule has 7 nitrogen and oxygen atoms in total. The number of benzene rings is 3. The van der Waals surface area contributed by atoms with Crippen LogP contribution in [0.25, 0.3) is 22.0 Å². The van der Waals surface area contributed by atoms with Crippen LogP contribution in [0.15, 0.2) is 84.8 Å². The van der Waals surface area contributed by atoms with E-state index in [1.807, 2.05) is 54.6 Å². The van der Waals surface area contributed by atoms with Crippen LogP contribution in [0.1, 0.15) is 6.92 Å². The molecule has 0 atom stereocenters. The minimum absolute atomic E-state index is 0.490. The van der Waals surface area contributed by atoms with Crippen molar-refractivity contribution in [2.45, 2.75) is 6.92 Å². The maximum absolute atomic E-state index is 13.1. The lowest BCUT2D eigenvalue weighted by Crippen LogP contribution is -2.36. The van der Waals surface area contributed by atoms with E-state index in [1.165, 1.54) is 6.92 Å². The number of hydrogen-bond acceptors (Lipinski definition) is 6. The van der Waals surface area contributed by atoms with Gasteiger partial charge in [-0.1, -0.05) is 42.5 Å². The van der Waals surface area contributed by atoms with Gasteiger partial charge >= 0.3 is 0 Å². The Morgan fingerprint density at radius 1 is 1.06 bits per heavy atom. The molecular formula is C28H26FN5O2. The molecule has 1 saturated heterocycles. The first kappa shape index (κ1) is 23.4. The molecule has 3 aromatic carbocycles. The van der Waals surface area contributed by atoms with Gasteiger partial charge in [0.15, 0.2) is 0 Å². The molecule has 1 aliphatic heterocycles. The molecule has 0 radical (unpaired) electrons. The second kappa shape index (κ2) is 10.5. The smallest absolute Gasteiger partial charge is 0.250 e. The van der Waals surface area contributed by atoms with Crippen LogP contribution in [0, 0.1) is 0 Å². The minimum Gasteiger partial charge on any atom is -0.378 e. The minimum atomic E-state index is -0.551. The fourth-order valence-corrected chi connectivity index (χ4v) is 4.25. The van der Waals surface area contributed by atoms with E-state index in [4.69, 9.17) is 9.72 Å². The van der Waals surface area contributed by atoms with Crippen LogP contribution in [0.2, 0.25) is 0 Å². The van der Waals surface area contributed by atoms with Gasteiger partial charge in [-0.05, 0) is 36.8 Å². The number of allylic oxidation sites excluding steroid dienone is 1. The lowest BCUT2D eigenvalue weighted by molar-refractivity contribution is -0.112. The molecule has 2 heterocycles. The largest absolute Gasteiger partial charge is 0.378 e. The van der Waals surface area contributed by atoms with Crippen LogP contribution in [-0.4, -0.2) is 42.2 Å². The predicted octanol–water partition coefficient (Wildman–Crippen LogP) is 5.69. The van der Waals surface area contributed by atoms with E-state index in [1.54, 1.807) is 12.3 Å². The second-order valence-electron chi connectivity index (χ2n) is 8.48. The lowest BCUT2D eigenvalue weighted by atomic mass is 10.0. The third-order valence-electron chi connectivity index (χ3n) is 5.88. The Balaban J connectivity index is 1.47. The third-order valence-corrected chi connectivity index (χ3v) is 5.88. The SMILES string of the molecule is C/C(F)=C\C(=O)Nc1cccc(-c2cccc3cnc(Nc4ccccc4N4CCOCC4)nc23)c1. The number of para-hydroxylation sites is 3. The highest BCUT2D eigenvalue weighted by molar-refractivity contribution is 6.00. The maximum Gasteiger partial charge on any atom is 0.250 e. The standard InChI is InChI=1S/C28H26FN5O2/c1-19(29)16-26(35)31-22-8-4-6-20(17-22)23-9-5-7-21-18-30-28(33-27(21)23)32-24-10-2-3-11-25(24)34-12-14-36-15-13-34/h2-11,16-18H,12-15H2,1H3,(H,31,35)(H,30,32,33)/b19-16+.